The second kappa shape index (κ2) is 9.58. The lowest BCUT2D eigenvalue weighted by Gasteiger charge is -2.42. The van der Waals surface area contributed by atoms with Gasteiger partial charge in [-0.25, -0.2) is 0 Å². The molecule has 1 aromatic carbocycles. The highest BCUT2D eigenvalue weighted by molar-refractivity contribution is 5.85. The van der Waals surface area contributed by atoms with Crippen molar-refractivity contribution in [3.8, 4) is 11.5 Å². The summed E-state index contributed by atoms with van der Waals surface area (Å²) < 4.78 is 10.8. The third kappa shape index (κ3) is 5.42. The summed E-state index contributed by atoms with van der Waals surface area (Å²) in [6, 6.07) is 6.67. The second-order valence-corrected chi connectivity index (χ2v) is 6.67. The molecule has 1 saturated heterocycles. The standard InChI is InChI=1S/C17H28N2O2.2ClH/c1-17(2,3)16(19-10-8-18-9-11-19)13-6-7-14(20-4)15(12-13)21-5;;/h6-7,12,16,18H,8-11H2,1-5H3;2*1H/t16-;;/m0../s1. The van der Waals surface area contributed by atoms with Crippen LogP contribution in [0.4, 0.5) is 0 Å². The van der Waals surface area contributed by atoms with Crippen LogP contribution in [-0.2, 0) is 0 Å². The van der Waals surface area contributed by atoms with Crippen LogP contribution in [0.25, 0.3) is 0 Å². The van der Waals surface area contributed by atoms with Crippen LogP contribution >= 0.6 is 24.8 Å². The van der Waals surface area contributed by atoms with Gasteiger partial charge in [0.05, 0.1) is 14.2 Å². The zero-order valence-corrected chi connectivity index (χ0v) is 16.4. The SMILES string of the molecule is COc1ccc([C@H](N2CCNCC2)C(C)(C)C)cc1OC.Cl.Cl. The Morgan fingerprint density at radius 1 is 1.00 bits per heavy atom. The molecule has 1 N–H and O–H groups in total. The largest absolute Gasteiger partial charge is 0.493 e. The predicted molar refractivity (Wildman–Crippen MR) is 101 cm³/mol. The molecule has 1 aliphatic heterocycles. The summed E-state index contributed by atoms with van der Waals surface area (Å²) in [6.45, 7) is 11.2. The fourth-order valence-electron chi connectivity index (χ4n) is 3.22. The van der Waals surface area contributed by atoms with E-state index in [4.69, 9.17) is 9.47 Å². The van der Waals surface area contributed by atoms with Gasteiger partial charge in [-0.3, -0.25) is 4.90 Å². The minimum atomic E-state index is 0. The van der Waals surface area contributed by atoms with Gasteiger partial charge in [0.25, 0.3) is 0 Å². The fraction of sp³-hybridized carbons (Fsp3) is 0.647. The number of ether oxygens (including phenoxy) is 2. The highest BCUT2D eigenvalue weighted by Gasteiger charge is 2.33. The van der Waals surface area contributed by atoms with Crippen molar-refractivity contribution in [1.29, 1.82) is 0 Å². The van der Waals surface area contributed by atoms with Gasteiger partial charge >= 0.3 is 0 Å². The van der Waals surface area contributed by atoms with Gasteiger partial charge in [0.1, 0.15) is 0 Å². The van der Waals surface area contributed by atoms with Crippen molar-refractivity contribution < 1.29 is 9.47 Å². The molecule has 0 bridgehead atoms. The van der Waals surface area contributed by atoms with Crippen molar-refractivity contribution in [1.82, 2.24) is 10.2 Å². The maximum atomic E-state index is 5.47. The average Bonchev–Trinajstić information content (AvgIpc) is 2.47. The molecule has 1 heterocycles. The van der Waals surface area contributed by atoms with Crippen LogP contribution in [0.5, 0.6) is 11.5 Å². The summed E-state index contributed by atoms with van der Waals surface area (Å²) in [5.74, 6) is 1.59. The Balaban J connectivity index is 0.00000242. The summed E-state index contributed by atoms with van der Waals surface area (Å²) in [5, 5.41) is 3.43. The van der Waals surface area contributed by atoms with Crippen LogP contribution in [0, 0.1) is 5.41 Å². The molecule has 1 fully saturated rings. The molecule has 0 saturated carbocycles. The molecular formula is C17H30Cl2N2O2. The molecule has 2 rings (SSSR count). The van der Waals surface area contributed by atoms with E-state index in [9.17, 15) is 0 Å². The van der Waals surface area contributed by atoms with E-state index in [1.54, 1.807) is 14.2 Å². The Hall–Kier alpha value is -0.680. The van der Waals surface area contributed by atoms with Crippen LogP contribution in [-0.4, -0.2) is 45.3 Å². The fourth-order valence-corrected chi connectivity index (χ4v) is 3.22. The summed E-state index contributed by atoms with van der Waals surface area (Å²) >= 11 is 0. The van der Waals surface area contributed by atoms with Gasteiger partial charge in [-0.1, -0.05) is 26.8 Å². The highest BCUT2D eigenvalue weighted by atomic mass is 35.5. The second-order valence-electron chi connectivity index (χ2n) is 6.67. The molecule has 0 aliphatic carbocycles. The Morgan fingerprint density at radius 2 is 1.57 bits per heavy atom. The quantitative estimate of drug-likeness (QED) is 0.885. The van der Waals surface area contributed by atoms with E-state index in [0.717, 1.165) is 37.7 Å². The maximum absolute atomic E-state index is 5.47. The monoisotopic (exact) mass is 364 g/mol. The van der Waals surface area contributed by atoms with Crippen LogP contribution in [0.2, 0.25) is 0 Å². The van der Waals surface area contributed by atoms with Gasteiger partial charge in [-0.15, -0.1) is 24.8 Å². The minimum absolute atomic E-state index is 0. The van der Waals surface area contributed by atoms with E-state index < -0.39 is 0 Å². The van der Waals surface area contributed by atoms with Crippen molar-refractivity contribution in [3.63, 3.8) is 0 Å². The third-order valence-electron chi connectivity index (χ3n) is 4.06. The zero-order valence-electron chi connectivity index (χ0n) is 14.7. The first-order valence-corrected chi connectivity index (χ1v) is 7.64. The van der Waals surface area contributed by atoms with Gasteiger partial charge in [-0.05, 0) is 23.1 Å². The normalized spacial score (nSPS) is 16.7. The Morgan fingerprint density at radius 3 is 2.04 bits per heavy atom. The molecule has 0 spiro atoms. The predicted octanol–water partition coefficient (Wildman–Crippen LogP) is 3.54. The molecule has 1 aliphatic rings. The first kappa shape index (κ1) is 22.3. The van der Waals surface area contributed by atoms with Crippen molar-refractivity contribution in [3.05, 3.63) is 23.8 Å². The first-order chi connectivity index (χ1) is 9.97. The number of hydrogen-bond acceptors (Lipinski definition) is 4. The molecule has 0 aromatic heterocycles. The molecule has 0 amide bonds. The van der Waals surface area contributed by atoms with Gasteiger partial charge in [0, 0.05) is 32.2 Å². The van der Waals surface area contributed by atoms with Crippen molar-refractivity contribution in [2.45, 2.75) is 26.8 Å². The van der Waals surface area contributed by atoms with Crippen LogP contribution in [0.1, 0.15) is 32.4 Å². The lowest BCUT2D eigenvalue weighted by molar-refractivity contribution is 0.0860. The summed E-state index contributed by atoms with van der Waals surface area (Å²) in [5.41, 5.74) is 1.46. The lowest BCUT2D eigenvalue weighted by Crippen LogP contribution is -2.48. The van der Waals surface area contributed by atoms with Crippen LogP contribution in [0.15, 0.2) is 18.2 Å². The number of benzene rings is 1. The number of methoxy groups -OCH3 is 2. The Kier molecular flexibility index (Phi) is 9.29. The molecule has 134 valence electrons. The zero-order chi connectivity index (χ0) is 15.5. The van der Waals surface area contributed by atoms with Gasteiger partial charge in [-0.2, -0.15) is 0 Å². The number of hydrogen-bond donors (Lipinski definition) is 1. The van der Waals surface area contributed by atoms with Crippen molar-refractivity contribution in [2.75, 3.05) is 40.4 Å². The summed E-state index contributed by atoms with van der Waals surface area (Å²) in [6.07, 6.45) is 0. The van der Waals surface area contributed by atoms with Gasteiger partial charge in [0.15, 0.2) is 11.5 Å². The van der Waals surface area contributed by atoms with Crippen molar-refractivity contribution >= 4 is 24.8 Å². The highest BCUT2D eigenvalue weighted by Crippen LogP contribution is 2.41. The van der Waals surface area contributed by atoms with E-state index in [2.05, 4.69) is 43.1 Å². The Labute approximate surface area is 152 Å². The molecule has 0 unspecified atom stereocenters. The molecule has 23 heavy (non-hydrogen) atoms. The molecular weight excluding hydrogens is 335 g/mol. The number of halogens is 2. The molecule has 6 heteroatoms. The van der Waals surface area contributed by atoms with Crippen LogP contribution < -0.4 is 14.8 Å². The Bertz CT molecular complexity index is 472. The molecule has 0 radical (unpaired) electrons. The van der Waals surface area contributed by atoms with E-state index in [1.165, 1.54) is 5.56 Å². The number of nitrogens with one attached hydrogen (secondary N) is 1. The lowest BCUT2D eigenvalue weighted by atomic mass is 9.81. The number of piperazine rings is 1. The average molecular weight is 365 g/mol. The van der Waals surface area contributed by atoms with Crippen LogP contribution in [0.3, 0.4) is 0 Å². The van der Waals surface area contributed by atoms with E-state index in [0.29, 0.717) is 6.04 Å². The smallest absolute Gasteiger partial charge is 0.161 e. The van der Waals surface area contributed by atoms with E-state index in [1.807, 2.05) is 6.07 Å². The molecule has 1 atom stereocenters. The number of rotatable bonds is 4. The van der Waals surface area contributed by atoms with E-state index in [-0.39, 0.29) is 30.2 Å². The van der Waals surface area contributed by atoms with Gasteiger partial charge < -0.3 is 14.8 Å². The topological polar surface area (TPSA) is 33.7 Å². The number of nitrogens with zero attached hydrogens (tertiary/aromatic N) is 1. The minimum Gasteiger partial charge on any atom is -0.493 e. The summed E-state index contributed by atoms with van der Waals surface area (Å²) in [4.78, 5) is 2.57. The summed E-state index contributed by atoms with van der Waals surface area (Å²) in [7, 11) is 3.37. The van der Waals surface area contributed by atoms with E-state index >= 15 is 0 Å². The third-order valence-corrected chi connectivity index (χ3v) is 4.06. The van der Waals surface area contributed by atoms with Gasteiger partial charge in [0.2, 0.25) is 0 Å². The first-order valence-electron chi connectivity index (χ1n) is 7.64. The molecule has 4 nitrogen and oxygen atoms in total. The maximum Gasteiger partial charge on any atom is 0.161 e. The molecule has 1 aromatic rings. The van der Waals surface area contributed by atoms with Crippen molar-refractivity contribution in [2.24, 2.45) is 5.41 Å².